The number of aliphatic hydroxyl groups excluding tert-OH is 1. The number of likely N-dealkylation sites (N-methyl/N-ethyl adjacent to an activating group) is 1. The predicted molar refractivity (Wildman–Crippen MR) is 184 cm³/mol. The molecule has 0 spiro atoms. The third-order valence-corrected chi connectivity index (χ3v) is 10.5. The molecule has 2 aliphatic rings. The lowest BCUT2D eigenvalue weighted by Gasteiger charge is -2.39. The van der Waals surface area contributed by atoms with Gasteiger partial charge < -0.3 is 29.7 Å². The summed E-state index contributed by atoms with van der Waals surface area (Å²) in [6.07, 6.45) is 6.49. The van der Waals surface area contributed by atoms with E-state index in [-0.39, 0.29) is 59.9 Å². The summed E-state index contributed by atoms with van der Waals surface area (Å²) in [7, 11) is 5.02. The number of allylic oxidation sites excluding steroid dienone is 3. The number of ether oxygens (including phenoxy) is 2. The zero-order valence-corrected chi connectivity index (χ0v) is 30.8. The number of methoxy groups -OCH3 is 2. The fraction of sp³-hybridized carbons (Fsp3) is 0.811. The van der Waals surface area contributed by atoms with Crippen LogP contribution in [-0.2, 0) is 23.9 Å². The van der Waals surface area contributed by atoms with Crippen molar-refractivity contribution in [1.29, 1.82) is 0 Å². The van der Waals surface area contributed by atoms with Gasteiger partial charge in [0.15, 0.2) is 0 Å². The molecule has 0 aromatic rings. The Bertz CT molecular complexity index is 1070. The van der Waals surface area contributed by atoms with Crippen LogP contribution in [0.25, 0.3) is 0 Å². The van der Waals surface area contributed by atoms with Crippen molar-refractivity contribution in [2.75, 3.05) is 27.8 Å². The van der Waals surface area contributed by atoms with Crippen molar-refractivity contribution < 1.29 is 29.0 Å². The highest BCUT2D eigenvalue weighted by Crippen LogP contribution is 2.34. The first-order valence-electron chi connectivity index (χ1n) is 17.6. The molecule has 2 rings (SSSR count). The van der Waals surface area contributed by atoms with E-state index >= 15 is 0 Å². The van der Waals surface area contributed by atoms with E-state index in [1.165, 1.54) is 5.57 Å². The van der Waals surface area contributed by atoms with Gasteiger partial charge in [0.05, 0.1) is 48.8 Å². The van der Waals surface area contributed by atoms with Gasteiger partial charge >= 0.3 is 0 Å². The minimum Gasteiger partial charge on any atom is -0.387 e. The van der Waals surface area contributed by atoms with Gasteiger partial charge in [-0.15, -0.1) is 0 Å². The van der Waals surface area contributed by atoms with Crippen LogP contribution in [0.1, 0.15) is 101 Å². The van der Waals surface area contributed by atoms with Crippen molar-refractivity contribution in [1.82, 2.24) is 15.1 Å². The number of hydrogen-bond acceptors (Lipinski definition) is 6. The van der Waals surface area contributed by atoms with Gasteiger partial charge in [0.25, 0.3) is 0 Å². The summed E-state index contributed by atoms with van der Waals surface area (Å²) in [4.78, 5) is 44.2. The molecule has 1 aliphatic heterocycles. The van der Waals surface area contributed by atoms with E-state index < -0.39 is 30.3 Å². The summed E-state index contributed by atoms with van der Waals surface area (Å²) in [6.45, 7) is 18.9. The van der Waals surface area contributed by atoms with Gasteiger partial charge in [0, 0.05) is 40.2 Å². The average Bonchev–Trinajstić information content (AvgIpc) is 3.50. The van der Waals surface area contributed by atoms with E-state index in [2.05, 4.69) is 52.1 Å². The molecule has 1 heterocycles. The molecule has 9 heteroatoms. The average molecular weight is 648 g/mol. The number of likely N-dealkylation sites (tertiary alicyclic amines) is 1. The highest BCUT2D eigenvalue weighted by Gasteiger charge is 2.42. The molecular weight excluding hydrogens is 582 g/mol. The van der Waals surface area contributed by atoms with Gasteiger partial charge in [-0.25, -0.2) is 0 Å². The van der Waals surface area contributed by atoms with Crippen LogP contribution < -0.4 is 5.32 Å². The van der Waals surface area contributed by atoms with Crippen molar-refractivity contribution in [3.05, 3.63) is 23.3 Å². The number of aliphatic hydroxyl groups is 1. The summed E-state index contributed by atoms with van der Waals surface area (Å²) in [5.74, 6) is -0.0240. The smallest absolute Gasteiger partial charge is 0.225 e. The topological polar surface area (TPSA) is 108 Å². The van der Waals surface area contributed by atoms with Crippen molar-refractivity contribution in [3.63, 3.8) is 0 Å². The molecule has 1 saturated heterocycles. The Hall–Kier alpha value is -2.23. The molecule has 1 aliphatic carbocycles. The van der Waals surface area contributed by atoms with E-state index in [1.807, 2.05) is 39.6 Å². The third-order valence-electron chi connectivity index (χ3n) is 10.5. The molecule has 10 atom stereocenters. The molecule has 2 unspecified atom stereocenters. The lowest BCUT2D eigenvalue weighted by molar-refractivity contribution is -0.146. The largest absolute Gasteiger partial charge is 0.387 e. The van der Waals surface area contributed by atoms with E-state index in [9.17, 15) is 19.5 Å². The van der Waals surface area contributed by atoms with Crippen LogP contribution in [0, 0.1) is 29.6 Å². The summed E-state index contributed by atoms with van der Waals surface area (Å²) in [5.41, 5.74) is 2.25. The summed E-state index contributed by atoms with van der Waals surface area (Å²) >= 11 is 0. The Morgan fingerprint density at radius 2 is 1.70 bits per heavy atom. The molecular formula is C37H65N3O6. The number of amides is 3. The Morgan fingerprint density at radius 1 is 1.04 bits per heavy atom. The van der Waals surface area contributed by atoms with Gasteiger partial charge in [-0.05, 0) is 49.5 Å². The van der Waals surface area contributed by atoms with Gasteiger partial charge in [0.1, 0.15) is 0 Å². The zero-order chi connectivity index (χ0) is 34.9. The lowest BCUT2D eigenvalue weighted by atomic mass is 9.79. The minimum atomic E-state index is -0.801. The molecule has 0 aromatic heterocycles. The number of nitrogens with one attached hydrogen (secondary N) is 1. The van der Waals surface area contributed by atoms with Crippen LogP contribution >= 0.6 is 0 Å². The summed E-state index contributed by atoms with van der Waals surface area (Å²) in [5, 5.41) is 14.3. The quantitative estimate of drug-likeness (QED) is 0.206. The molecule has 0 bridgehead atoms. The van der Waals surface area contributed by atoms with Crippen molar-refractivity contribution in [2.24, 2.45) is 29.6 Å². The Morgan fingerprint density at radius 3 is 2.24 bits per heavy atom. The number of nitrogens with zero attached hydrogens (tertiary/aromatic N) is 2. The molecule has 264 valence electrons. The van der Waals surface area contributed by atoms with Gasteiger partial charge in [-0.1, -0.05) is 79.5 Å². The first-order valence-corrected chi connectivity index (χ1v) is 17.6. The number of carbonyl (C=O) groups excluding carboxylic acids is 3. The van der Waals surface area contributed by atoms with Crippen LogP contribution in [-0.4, -0.2) is 96.9 Å². The monoisotopic (exact) mass is 647 g/mol. The van der Waals surface area contributed by atoms with E-state index in [1.54, 1.807) is 19.1 Å². The third kappa shape index (κ3) is 9.89. The standard InChI is InChI=1S/C37H65N3O6/c1-13-24(6)34(39(10)32(41)18-22(3)4)31(45-11)21-33(42)40-17-15-16-30(40)36(46-12)26(8)37(44)38-27(9)35(43)29-20-23(5)19-28(14-2)25(29)7/h19-20,22-27,30-31,34-36,43H,13-18,21H2,1-12H3,(H,38,44)/t23?,24-,25?,26+,27+,30-,31+,34-,35+,36+/m0/s1. The second kappa shape index (κ2) is 18.3. The first kappa shape index (κ1) is 39.9. The first-order chi connectivity index (χ1) is 21.6. The Balaban J connectivity index is 2.16. The van der Waals surface area contributed by atoms with Crippen LogP contribution in [0.4, 0.5) is 0 Å². The maximum atomic E-state index is 13.9. The maximum absolute atomic E-state index is 13.9. The Kier molecular flexibility index (Phi) is 15.9. The number of carbonyl (C=O) groups is 3. The van der Waals surface area contributed by atoms with Crippen LogP contribution in [0.15, 0.2) is 23.3 Å². The van der Waals surface area contributed by atoms with E-state index in [0.717, 1.165) is 31.3 Å². The fourth-order valence-corrected chi connectivity index (χ4v) is 7.51. The van der Waals surface area contributed by atoms with Crippen molar-refractivity contribution in [3.8, 4) is 0 Å². The molecule has 3 amide bonds. The Labute approximate surface area is 279 Å². The highest BCUT2D eigenvalue weighted by molar-refractivity contribution is 5.81. The number of hydrogen-bond donors (Lipinski definition) is 2. The summed E-state index contributed by atoms with van der Waals surface area (Å²) in [6, 6.07) is -0.991. The zero-order valence-electron chi connectivity index (χ0n) is 30.8. The minimum absolute atomic E-state index is 0.0542. The molecule has 46 heavy (non-hydrogen) atoms. The van der Waals surface area contributed by atoms with Crippen molar-refractivity contribution in [2.45, 2.75) is 137 Å². The van der Waals surface area contributed by atoms with E-state index in [0.29, 0.717) is 13.0 Å². The van der Waals surface area contributed by atoms with Crippen LogP contribution in [0.5, 0.6) is 0 Å². The second-order valence-corrected chi connectivity index (χ2v) is 14.3. The maximum Gasteiger partial charge on any atom is 0.225 e. The second-order valence-electron chi connectivity index (χ2n) is 14.3. The highest BCUT2D eigenvalue weighted by atomic mass is 16.5. The van der Waals surface area contributed by atoms with Gasteiger partial charge in [-0.2, -0.15) is 0 Å². The molecule has 1 fully saturated rings. The normalized spacial score (nSPS) is 24.7. The molecule has 0 aromatic carbocycles. The molecule has 2 N–H and O–H groups in total. The SMILES string of the molecule is CCC1=CC(C)C=C([C@H](O)[C@@H](C)NC(=O)[C@H](C)[C@@H](OC)[C@@H]2CCCN2C(=O)C[C@@H](OC)[C@H]([C@@H](C)CC)N(C)C(=O)CC(C)C)C1C. The molecule has 0 radical (unpaired) electrons. The van der Waals surface area contributed by atoms with Gasteiger partial charge in [-0.3, -0.25) is 14.4 Å². The number of rotatable bonds is 17. The van der Waals surface area contributed by atoms with E-state index in [4.69, 9.17) is 9.47 Å². The van der Waals surface area contributed by atoms with Crippen LogP contribution in [0.3, 0.4) is 0 Å². The van der Waals surface area contributed by atoms with Crippen LogP contribution in [0.2, 0.25) is 0 Å². The predicted octanol–water partition coefficient (Wildman–Crippen LogP) is 5.37. The fourth-order valence-electron chi connectivity index (χ4n) is 7.51. The lowest BCUT2D eigenvalue weighted by Crippen LogP contribution is -2.54. The molecule has 9 nitrogen and oxygen atoms in total. The summed E-state index contributed by atoms with van der Waals surface area (Å²) < 4.78 is 11.9. The van der Waals surface area contributed by atoms with Crippen molar-refractivity contribution >= 4 is 17.7 Å². The molecule has 0 saturated carbocycles. The van der Waals surface area contributed by atoms with Gasteiger partial charge in [0.2, 0.25) is 17.7 Å².